The number of carboxylic acids is 1. The van der Waals surface area contributed by atoms with E-state index in [0.29, 0.717) is 17.4 Å². The molecule has 5 N–H and O–H groups in total. The van der Waals surface area contributed by atoms with E-state index in [-0.39, 0.29) is 18.9 Å². The fourth-order valence-electron chi connectivity index (χ4n) is 2.91. The molecule has 9 heteroatoms. The Morgan fingerprint density at radius 1 is 1.23 bits per heavy atom. The SMILES string of the molecule is NC/C=C/c1ccc2nc(C[C@H](NC(=O)OCc3ccccc3)C(=O)O)[nH]c(=O)c2c1. The van der Waals surface area contributed by atoms with Gasteiger partial charge in [0.1, 0.15) is 18.5 Å². The van der Waals surface area contributed by atoms with Crippen LogP contribution in [-0.2, 0) is 22.6 Å². The van der Waals surface area contributed by atoms with Crippen LogP contribution >= 0.6 is 0 Å². The standard InChI is InChI=1S/C22H22N4O5/c23-10-4-7-14-8-9-17-16(11-14)20(27)26-19(24-17)12-18(21(28)29)25-22(30)31-13-15-5-2-1-3-6-15/h1-9,11,18H,10,12-13,23H2,(H,25,30)(H,28,29)(H,24,26,27)/b7-4+/t18-/m0/s1. The fourth-order valence-corrected chi connectivity index (χ4v) is 2.91. The van der Waals surface area contributed by atoms with Crippen LogP contribution in [0.5, 0.6) is 0 Å². The molecule has 31 heavy (non-hydrogen) atoms. The largest absolute Gasteiger partial charge is 0.480 e. The quantitative estimate of drug-likeness (QED) is 0.433. The first-order chi connectivity index (χ1) is 15.0. The molecule has 0 aliphatic carbocycles. The Morgan fingerprint density at radius 3 is 2.71 bits per heavy atom. The van der Waals surface area contributed by atoms with Crippen molar-refractivity contribution >= 4 is 29.0 Å². The number of aliphatic carboxylic acids is 1. The van der Waals surface area contributed by atoms with Crippen LogP contribution in [0.2, 0.25) is 0 Å². The maximum absolute atomic E-state index is 12.5. The molecule has 3 rings (SSSR count). The molecule has 0 aliphatic rings. The number of fused-ring (bicyclic) bond motifs is 1. The van der Waals surface area contributed by atoms with Crippen LogP contribution in [0.4, 0.5) is 4.79 Å². The molecular formula is C22H22N4O5. The average Bonchev–Trinajstić information content (AvgIpc) is 2.76. The Kier molecular flexibility index (Phi) is 7.13. The lowest BCUT2D eigenvalue weighted by Gasteiger charge is -2.14. The number of carboxylic acid groups (broad SMARTS) is 1. The van der Waals surface area contributed by atoms with E-state index in [1.165, 1.54) is 0 Å². The lowest BCUT2D eigenvalue weighted by molar-refractivity contribution is -0.139. The number of aromatic nitrogens is 2. The first kappa shape index (κ1) is 21.7. The van der Waals surface area contributed by atoms with Crippen LogP contribution < -0.4 is 16.6 Å². The maximum atomic E-state index is 12.5. The smallest absolute Gasteiger partial charge is 0.408 e. The summed E-state index contributed by atoms with van der Waals surface area (Å²) in [4.78, 5) is 43.0. The van der Waals surface area contributed by atoms with Crippen molar-refractivity contribution in [2.24, 2.45) is 5.73 Å². The van der Waals surface area contributed by atoms with Gasteiger partial charge >= 0.3 is 12.1 Å². The molecule has 2 aromatic carbocycles. The highest BCUT2D eigenvalue weighted by atomic mass is 16.5. The van der Waals surface area contributed by atoms with Crippen LogP contribution in [0.25, 0.3) is 17.0 Å². The van der Waals surface area contributed by atoms with E-state index in [4.69, 9.17) is 10.5 Å². The number of carbonyl (C=O) groups is 2. The van der Waals surface area contributed by atoms with Crippen molar-refractivity contribution in [1.82, 2.24) is 15.3 Å². The molecular weight excluding hydrogens is 400 g/mol. The number of rotatable bonds is 8. The molecule has 1 heterocycles. The molecule has 0 saturated heterocycles. The molecule has 0 bridgehead atoms. The summed E-state index contributed by atoms with van der Waals surface area (Å²) in [6.07, 6.45) is 2.46. The number of carbonyl (C=O) groups excluding carboxylic acids is 1. The second-order valence-corrected chi connectivity index (χ2v) is 6.73. The summed E-state index contributed by atoms with van der Waals surface area (Å²) in [7, 11) is 0. The van der Waals surface area contributed by atoms with Crippen molar-refractivity contribution in [3.8, 4) is 0 Å². The predicted molar refractivity (Wildman–Crippen MR) is 115 cm³/mol. The van der Waals surface area contributed by atoms with Gasteiger partial charge in [-0.15, -0.1) is 0 Å². The number of aromatic amines is 1. The fraction of sp³-hybridized carbons (Fsp3) is 0.182. The Morgan fingerprint density at radius 2 is 2.00 bits per heavy atom. The minimum Gasteiger partial charge on any atom is -0.480 e. The van der Waals surface area contributed by atoms with Gasteiger partial charge in [0.2, 0.25) is 0 Å². The summed E-state index contributed by atoms with van der Waals surface area (Å²) in [6, 6.07) is 12.8. The Hall–Kier alpha value is -3.98. The minimum atomic E-state index is -1.32. The number of nitrogens with two attached hydrogens (primary N) is 1. The maximum Gasteiger partial charge on any atom is 0.408 e. The Labute approximate surface area is 177 Å². The molecule has 1 atom stereocenters. The van der Waals surface area contributed by atoms with Gasteiger partial charge in [0, 0.05) is 13.0 Å². The summed E-state index contributed by atoms with van der Waals surface area (Å²) in [5.74, 6) is -1.14. The number of H-pyrrole nitrogens is 1. The third-order valence-corrected chi connectivity index (χ3v) is 4.43. The van der Waals surface area contributed by atoms with E-state index >= 15 is 0 Å². The minimum absolute atomic E-state index is 0.00497. The molecule has 9 nitrogen and oxygen atoms in total. The van der Waals surface area contributed by atoms with Gasteiger partial charge in [-0.05, 0) is 23.3 Å². The van der Waals surface area contributed by atoms with Gasteiger partial charge in [-0.25, -0.2) is 14.6 Å². The van der Waals surface area contributed by atoms with E-state index in [9.17, 15) is 19.5 Å². The van der Waals surface area contributed by atoms with Crippen LogP contribution in [0.1, 0.15) is 17.0 Å². The summed E-state index contributed by atoms with van der Waals surface area (Å²) in [6.45, 7) is 0.383. The van der Waals surface area contributed by atoms with Crippen molar-refractivity contribution in [2.75, 3.05) is 6.54 Å². The van der Waals surface area contributed by atoms with Crippen molar-refractivity contribution in [2.45, 2.75) is 19.1 Å². The lowest BCUT2D eigenvalue weighted by atomic mass is 10.1. The topological polar surface area (TPSA) is 147 Å². The van der Waals surface area contributed by atoms with Crippen molar-refractivity contribution in [3.63, 3.8) is 0 Å². The van der Waals surface area contributed by atoms with Gasteiger partial charge in [-0.3, -0.25) is 4.79 Å². The summed E-state index contributed by atoms with van der Waals surface area (Å²) >= 11 is 0. The molecule has 0 fully saturated rings. The number of nitrogens with one attached hydrogen (secondary N) is 2. The number of nitrogens with zero attached hydrogens (tertiary/aromatic N) is 1. The highest BCUT2D eigenvalue weighted by Gasteiger charge is 2.23. The first-order valence-corrected chi connectivity index (χ1v) is 9.56. The highest BCUT2D eigenvalue weighted by Crippen LogP contribution is 2.12. The Balaban J connectivity index is 1.71. The van der Waals surface area contributed by atoms with E-state index in [1.54, 1.807) is 54.6 Å². The molecule has 160 valence electrons. The second kappa shape index (κ2) is 10.2. The number of amides is 1. The summed E-state index contributed by atoms with van der Waals surface area (Å²) in [5.41, 5.74) is 7.02. The molecule has 0 saturated carbocycles. The first-order valence-electron chi connectivity index (χ1n) is 9.56. The van der Waals surface area contributed by atoms with E-state index in [2.05, 4.69) is 15.3 Å². The highest BCUT2D eigenvalue weighted by molar-refractivity contribution is 5.81. The van der Waals surface area contributed by atoms with E-state index < -0.39 is 23.7 Å². The van der Waals surface area contributed by atoms with Crippen LogP contribution in [0, 0.1) is 0 Å². The average molecular weight is 422 g/mol. The van der Waals surface area contributed by atoms with Crippen molar-refractivity contribution in [1.29, 1.82) is 0 Å². The second-order valence-electron chi connectivity index (χ2n) is 6.73. The third kappa shape index (κ3) is 6.00. The van der Waals surface area contributed by atoms with Crippen LogP contribution in [0.3, 0.4) is 0 Å². The number of alkyl carbamates (subject to hydrolysis) is 1. The molecule has 0 spiro atoms. The van der Waals surface area contributed by atoms with Gasteiger partial charge in [0.05, 0.1) is 10.9 Å². The predicted octanol–water partition coefficient (Wildman–Crippen LogP) is 1.82. The number of hydrogen-bond acceptors (Lipinski definition) is 6. The number of ether oxygens (including phenoxy) is 1. The third-order valence-electron chi connectivity index (χ3n) is 4.43. The van der Waals surface area contributed by atoms with E-state index in [0.717, 1.165) is 11.1 Å². The molecule has 0 aliphatic heterocycles. The zero-order chi connectivity index (χ0) is 22.2. The molecule has 3 aromatic rings. The van der Waals surface area contributed by atoms with Crippen molar-refractivity contribution in [3.05, 3.63) is 81.9 Å². The molecule has 0 radical (unpaired) electrons. The summed E-state index contributed by atoms with van der Waals surface area (Å²) in [5, 5.41) is 12.1. The van der Waals surface area contributed by atoms with Gasteiger partial charge in [0.25, 0.3) is 5.56 Å². The van der Waals surface area contributed by atoms with Crippen molar-refractivity contribution < 1.29 is 19.4 Å². The van der Waals surface area contributed by atoms with Gasteiger partial charge < -0.3 is 25.9 Å². The monoisotopic (exact) mass is 422 g/mol. The van der Waals surface area contributed by atoms with Gasteiger partial charge in [-0.2, -0.15) is 0 Å². The Bertz CT molecular complexity index is 1160. The molecule has 1 amide bonds. The normalized spacial score (nSPS) is 12.0. The molecule has 1 aromatic heterocycles. The van der Waals surface area contributed by atoms with Crippen LogP contribution in [-0.4, -0.2) is 39.7 Å². The zero-order valence-electron chi connectivity index (χ0n) is 16.6. The van der Waals surface area contributed by atoms with E-state index in [1.807, 2.05) is 6.07 Å². The summed E-state index contributed by atoms with van der Waals surface area (Å²) < 4.78 is 5.06. The van der Waals surface area contributed by atoms with Gasteiger partial charge in [-0.1, -0.05) is 48.6 Å². The number of benzene rings is 2. The van der Waals surface area contributed by atoms with Crippen LogP contribution in [0.15, 0.2) is 59.4 Å². The lowest BCUT2D eigenvalue weighted by Crippen LogP contribution is -2.43. The molecule has 0 unspecified atom stereocenters. The number of hydrogen-bond donors (Lipinski definition) is 4. The van der Waals surface area contributed by atoms with Gasteiger partial charge in [0.15, 0.2) is 0 Å². The zero-order valence-corrected chi connectivity index (χ0v) is 16.6.